The van der Waals surface area contributed by atoms with Gasteiger partial charge in [0.05, 0.1) is 4.92 Å². The highest BCUT2D eigenvalue weighted by Crippen LogP contribution is 2.09. The summed E-state index contributed by atoms with van der Waals surface area (Å²) in [6, 6.07) is 0. The van der Waals surface area contributed by atoms with Crippen molar-refractivity contribution >= 4 is 0 Å². The molecule has 1 heterocycles. The highest BCUT2D eigenvalue weighted by molar-refractivity contribution is 4.56. The van der Waals surface area contributed by atoms with Crippen LogP contribution >= 0.6 is 0 Å². The SMILES string of the molecule is O=[N+]([O-])C1N([N+](=O)[O-])CNCN1[N+](=O)[O-]. The molecule has 1 aliphatic rings. The Morgan fingerprint density at radius 3 is 1.67 bits per heavy atom. The molecule has 0 atom stereocenters. The first-order valence-electron chi connectivity index (χ1n) is 3.61. The van der Waals surface area contributed by atoms with Crippen LogP contribution in [0.5, 0.6) is 0 Å². The number of hydrazine groups is 2. The second-order valence-electron chi connectivity index (χ2n) is 2.55. The number of nitrogens with one attached hydrogen (secondary N) is 1. The number of rotatable bonds is 3. The van der Waals surface area contributed by atoms with Crippen LogP contribution in [0, 0.1) is 30.3 Å². The zero-order valence-electron chi connectivity index (χ0n) is 7.18. The van der Waals surface area contributed by atoms with Gasteiger partial charge in [-0.3, -0.25) is 15.4 Å². The Kier molecular flexibility index (Phi) is 2.80. The molecular weight excluding hydrogens is 216 g/mol. The Balaban J connectivity index is 2.95. The molecule has 12 nitrogen and oxygen atoms in total. The molecule has 0 saturated carbocycles. The molecule has 0 radical (unpaired) electrons. The Hall–Kier alpha value is -2.24. The zero-order chi connectivity index (χ0) is 11.6. The Labute approximate surface area is 81.4 Å². The van der Waals surface area contributed by atoms with Crippen LogP contribution in [0.4, 0.5) is 0 Å². The van der Waals surface area contributed by atoms with E-state index in [0.29, 0.717) is 0 Å². The monoisotopic (exact) mass is 222 g/mol. The van der Waals surface area contributed by atoms with Crippen molar-refractivity contribution in [3.05, 3.63) is 30.3 Å². The van der Waals surface area contributed by atoms with Crippen molar-refractivity contribution in [1.29, 1.82) is 0 Å². The van der Waals surface area contributed by atoms with E-state index >= 15 is 0 Å². The third kappa shape index (κ3) is 1.98. The van der Waals surface area contributed by atoms with Gasteiger partial charge < -0.3 is 0 Å². The zero-order valence-corrected chi connectivity index (χ0v) is 7.18. The maximum absolute atomic E-state index is 10.5. The Morgan fingerprint density at radius 1 is 1.00 bits per heavy atom. The van der Waals surface area contributed by atoms with Crippen LogP contribution in [0.3, 0.4) is 0 Å². The van der Waals surface area contributed by atoms with Gasteiger partial charge in [0.2, 0.25) is 0 Å². The van der Waals surface area contributed by atoms with E-state index in [0.717, 1.165) is 0 Å². The molecule has 12 heteroatoms. The lowest BCUT2D eigenvalue weighted by Gasteiger charge is -2.27. The number of hydrogen-bond donors (Lipinski definition) is 1. The second-order valence-corrected chi connectivity index (χ2v) is 2.55. The molecule has 1 rings (SSSR count). The van der Waals surface area contributed by atoms with Gasteiger partial charge in [-0.05, 0) is 10.0 Å². The van der Waals surface area contributed by atoms with Gasteiger partial charge in [0, 0.05) is 0 Å². The van der Waals surface area contributed by atoms with Gasteiger partial charge in [-0.1, -0.05) is 0 Å². The maximum Gasteiger partial charge on any atom is 0.466 e. The average Bonchev–Trinajstić information content (AvgIpc) is 2.16. The quantitative estimate of drug-likeness (QED) is 0.424. The fraction of sp³-hybridized carbons (Fsp3) is 1.00. The van der Waals surface area contributed by atoms with Crippen molar-refractivity contribution in [1.82, 2.24) is 15.3 Å². The first-order valence-corrected chi connectivity index (χ1v) is 3.61. The first-order chi connectivity index (χ1) is 6.95. The van der Waals surface area contributed by atoms with E-state index in [1.165, 1.54) is 0 Å². The fourth-order valence-electron chi connectivity index (χ4n) is 1.10. The second kappa shape index (κ2) is 3.87. The van der Waals surface area contributed by atoms with Gasteiger partial charge in [0.25, 0.3) is 0 Å². The summed E-state index contributed by atoms with van der Waals surface area (Å²) in [4.78, 5) is 30.1. The van der Waals surface area contributed by atoms with Gasteiger partial charge >= 0.3 is 6.29 Å². The minimum atomic E-state index is -2.10. The molecular formula is C3H6N6O6. The van der Waals surface area contributed by atoms with E-state index < -0.39 is 34.6 Å². The molecule has 1 N–H and O–H groups in total. The van der Waals surface area contributed by atoms with Gasteiger partial charge in [-0.25, -0.2) is 20.2 Å². The molecule has 1 aliphatic heterocycles. The third-order valence-electron chi connectivity index (χ3n) is 1.69. The van der Waals surface area contributed by atoms with Crippen LogP contribution in [-0.2, 0) is 0 Å². The van der Waals surface area contributed by atoms with Crippen molar-refractivity contribution in [2.24, 2.45) is 0 Å². The molecule has 0 aromatic rings. The molecule has 84 valence electrons. The van der Waals surface area contributed by atoms with Crippen molar-refractivity contribution in [2.75, 3.05) is 13.3 Å². The molecule has 0 aliphatic carbocycles. The number of hydrogen-bond acceptors (Lipinski definition) is 7. The maximum atomic E-state index is 10.5. The first kappa shape index (κ1) is 10.8. The van der Waals surface area contributed by atoms with E-state index in [-0.39, 0.29) is 10.0 Å². The molecule has 15 heavy (non-hydrogen) atoms. The van der Waals surface area contributed by atoms with E-state index in [2.05, 4.69) is 5.32 Å². The summed E-state index contributed by atoms with van der Waals surface area (Å²) in [7, 11) is 0. The van der Waals surface area contributed by atoms with Crippen LogP contribution in [-0.4, -0.2) is 44.6 Å². The highest BCUT2D eigenvalue weighted by atomic mass is 16.7. The standard InChI is InChI=1S/C3H6N6O6/c10-7(11)3-5(8(12)13)1-4-2-6(3)9(14)15/h3-4H,1-2H2. The average molecular weight is 222 g/mol. The third-order valence-corrected chi connectivity index (χ3v) is 1.69. The summed E-state index contributed by atoms with van der Waals surface area (Å²) in [5.74, 6) is 0. The van der Waals surface area contributed by atoms with E-state index in [1.807, 2.05) is 0 Å². The molecule has 0 unspecified atom stereocenters. The Bertz CT molecular complexity index is 283. The molecule has 0 spiro atoms. The summed E-state index contributed by atoms with van der Waals surface area (Å²) < 4.78 is 0. The van der Waals surface area contributed by atoms with E-state index in [1.54, 1.807) is 0 Å². The van der Waals surface area contributed by atoms with Gasteiger partial charge in [0.1, 0.15) is 13.3 Å². The van der Waals surface area contributed by atoms with E-state index in [4.69, 9.17) is 0 Å². The summed E-state index contributed by atoms with van der Waals surface area (Å²) in [5.41, 5.74) is 0. The fourth-order valence-corrected chi connectivity index (χ4v) is 1.10. The number of nitrogens with zero attached hydrogens (tertiary/aromatic N) is 5. The lowest BCUT2D eigenvalue weighted by molar-refractivity contribution is -0.818. The van der Waals surface area contributed by atoms with Crippen LogP contribution < -0.4 is 5.32 Å². The molecule has 1 saturated heterocycles. The van der Waals surface area contributed by atoms with Gasteiger partial charge in [-0.15, -0.1) is 0 Å². The summed E-state index contributed by atoms with van der Waals surface area (Å²) in [6.45, 7) is -0.855. The van der Waals surface area contributed by atoms with Gasteiger partial charge in [0.15, 0.2) is 10.1 Å². The van der Waals surface area contributed by atoms with Crippen molar-refractivity contribution < 1.29 is 15.0 Å². The van der Waals surface area contributed by atoms with Crippen molar-refractivity contribution in [2.45, 2.75) is 6.29 Å². The predicted octanol–water partition coefficient (Wildman–Crippen LogP) is -1.95. The Morgan fingerprint density at radius 2 is 1.40 bits per heavy atom. The molecule has 0 aromatic heterocycles. The summed E-state index contributed by atoms with van der Waals surface area (Å²) >= 11 is 0. The highest BCUT2D eigenvalue weighted by Gasteiger charge is 2.50. The van der Waals surface area contributed by atoms with E-state index in [9.17, 15) is 30.3 Å². The van der Waals surface area contributed by atoms with Crippen molar-refractivity contribution in [3.8, 4) is 0 Å². The minimum Gasteiger partial charge on any atom is -0.272 e. The normalized spacial score (nSPS) is 17.6. The van der Waals surface area contributed by atoms with Gasteiger partial charge in [-0.2, -0.15) is 0 Å². The summed E-state index contributed by atoms with van der Waals surface area (Å²) in [6.07, 6.45) is -2.10. The van der Waals surface area contributed by atoms with Crippen LogP contribution in [0.1, 0.15) is 0 Å². The minimum absolute atomic E-state index is 0.131. The summed E-state index contributed by atoms with van der Waals surface area (Å²) in [5, 5.41) is 31.7. The lowest BCUT2D eigenvalue weighted by Crippen LogP contribution is -2.65. The predicted molar refractivity (Wildman–Crippen MR) is 41.3 cm³/mol. The number of nitro groups is 3. The van der Waals surface area contributed by atoms with Crippen LogP contribution in [0.15, 0.2) is 0 Å². The molecule has 0 amide bonds. The molecule has 1 fully saturated rings. The smallest absolute Gasteiger partial charge is 0.272 e. The largest absolute Gasteiger partial charge is 0.466 e. The topological polar surface area (TPSA) is 148 Å². The van der Waals surface area contributed by atoms with Crippen molar-refractivity contribution in [3.63, 3.8) is 0 Å². The lowest BCUT2D eigenvalue weighted by atomic mass is 10.6. The molecule has 0 bridgehead atoms. The van der Waals surface area contributed by atoms with Crippen LogP contribution in [0.2, 0.25) is 0 Å². The van der Waals surface area contributed by atoms with Crippen LogP contribution in [0.25, 0.3) is 0 Å². The molecule has 0 aromatic carbocycles.